The summed E-state index contributed by atoms with van der Waals surface area (Å²) in [5.41, 5.74) is 6.64. The number of ether oxygens (including phenoxy) is 1. The van der Waals surface area contributed by atoms with Crippen molar-refractivity contribution in [2.45, 2.75) is 33.4 Å². The van der Waals surface area contributed by atoms with Gasteiger partial charge >= 0.3 is 0 Å². The van der Waals surface area contributed by atoms with Crippen LogP contribution in [0, 0.1) is 0 Å². The molecule has 1 rings (SSSR count). The lowest BCUT2D eigenvalue weighted by atomic mass is 10.2. The number of nitrogens with one attached hydrogen (secondary N) is 1. The van der Waals surface area contributed by atoms with Gasteiger partial charge in [0.15, 0.2) is 0 Å². The van der Waals surface area contributed by atoms with E-state index in [1.807, 2.05) is 45.0 Å². The van der Waals surface area contributed by atoms with Crippen LogP contribution in [0.4, 0.5) is 0 Å². The highest BCUT2D eigenvalue weighted by Crippen LogP contribution is 2.11. The van der Waals surface area contributed by atoms with E-state index in [1.165, 1.54) is 0 Å². The van der Waals surface area contributed by atoms with Gasteiger partial charge in [0.25, 0.3) is 0 Å². The molecule has 0 saturated heterocycles. The Morgan fingerprint density at radius 2 is 2.00 bits per heavy atom. The van der Waals surface area contributed by atoms with Crippen LogP contribution in [-0.4, -0.2) is 43.1 Å². The van der Waals surface area contributed by atoms with Crippen molar-refractivity contribution in [3.63, 3.8) is 0 Å². The number of nitrogens with zero attached hydrogens (tertiary/aromatic N) is 1. The predicted octanol–water partition coefficient (Wildman–Crippen LogP) is 1.37. The zero-order chi connectivity index (χ0) is 15.7. The number of carbonyl (C=O) groups excluding carboxylic acids is 1. The molecule has 0 heterocycles. The zero-order valence-corrected chi connectivity index (χ0v) is 13.3. The second-order valence-corrected chi connectivity index (χ2v) is 5.29. The Hall–Kier alpha value is -1.59. The SMILES string of the molecule is CCN(CCOc1ccc(CN)cc1)CC(=O)NC(C)C. The minimum absolute atomic E-state index is 0.0548. The maximum Gasteiger partial charge on any atom is 0.234 e. The lowest BCUT2D eigenvalue weighted by Gasteiger charge is -2.20. The minimum atomic E-state index is 0.0548. The van der Waals surface area contributed by atoms with Crippen LogP contribution in [-0.2, 0) is 11.3 Å². The van der Waals surface area contributed by atoms with Crippen LogP contribution < -0.4 is 15.8 Å². The normalized spacial score (nSPS) is 11.0. The highest BCUT2D eigenvalue weighted by atomic mass is 16.5. The third-order valence-electron chi connectivity index (χ3n) is 3.10. The van der Waals surface area contributed by atoms with Crippen molar-refractivity contribution in [3.8, 4) is 5.75 Å². The van der Waals surface area contributed by atoms with E-state index in [-0.39, 0.29) is 11.9 Å². The molecule has 0 aliphatic carbocycles. The fourth-order valence-electron chi connectivity index (χ4n) is 1.93. The Labute approximate surface area is 127 Å². The number of likely N-dealkylation sites (N-methyl/N-ethyl adjacent to an activating group) is 1. The first-order valence-corrected chi connectivity index (χ1v) is 7.48. The number of benzene rings is 1. The maximum absolute atomic E-state index is 11.7. The van der Waals surface area contributed by atoms with E-state index in [1.54, 1.807) is 0 Å². The lowest BCUT2D eigenvalue weighted by molar-refractivity contribution is -0.122. The van der Waals surface area contributed by atoms with Crippen molar-refractivity contribution in [3.05, 3.63) is 29.8 Å². The third kappa shape index (κ3) is 7.11. The molecular weight excluding hydrogens is 266 g/mol. The van der Waals surface area contributed by atoms with Crippen molar-refractivity contribution in [2.75, 3.05) is 26.2 Å². The van der Waals surface area contributed by atoms with Crippen molar-refractivity contribution in [1.82, 2.24) is 10.2 Å². The fourth-order valence-corrected chi connectivity index (χ4v) is 1.93. The number of nitrogens with two attached hydrogens (primary N) is 1. The molecule has 5 nitrogen and oxygen atoms in total. The summed E-state index contributed by atoms with van der Waals surface area (Å²) in [7, 11) is 0. The summed E-state index contributed by atoms with van der Waals surface area (Å²) >= 11 is 0. The standard InChI is InChI=1S/C16H27N3O2/c1-4-19(12-16(20)18-13(2)3)9-10-21-15-7-5-14(11-17)6-8-15/h5-8,13H,4,9-12,17H2,1-3H3,(H,18,20). The Bertz CT molecular complexity index is 418. The number of rotatable bonds is 9. The second kappa shape index (κ2) is 9.37. The van der Waals surface area contributed by atoms with E-state index in [0.717, 1.165) is 24.4 Å². The van der Waals surface area contributed by atoms with Gasteiger partial charge < -0.3 is 15.8 Å². The largest absolute Gasteiger partial charge is 0.492 e. The van der Waals surface area contributed by atoms with Gasteiger partial charge in [-0.3, -0.25) is 9.69 Å². The highest BCUT2D eigenvalue weighted by Gasteiger charge is 2.09. The van der Waals surface area contributed by atoms with Crippen LogP contribution >= 0.6 is 0 Å². The molecule has 0 fully saturated rings. The van der Waals surface area contributed by atoms with Crippen molar-refractivity contribution >= 4 is 5.91 Å². The molecule has 0 aliphatic rings. The molecule has 21 heavy (non-hydrogen) atoms. The number of amides is 1. The van der Waals surface area contributed by atoms with E-state index in [9.17, 15) is 4.79 Å². The van der Waals surface area contributed by atoms with Gasteiger partial charge in [0, 0.05) is 19.1 Å². The quantitative estimate of drug-likeness (QED) is 0.721. The lowest BCUT2D eigenvalue weighted by Crippen LogP contribution is -2.41. The van der Waals surface area contributed by atoms with Gasteiger partial charge in [0.1, 0.15) is 12.4 Å². The summed E-state index contributed by atoms with van der Waals surface area (Å²) in [5.74, 6) is 0.883. The van der Waals surface area contributed by atoms with E-state index in [2.05, 4.69) is 10.2 Å². The van der Waals surface area contributed by atoms with Gasteiger partial charge in [-0.15, -0.1) is 0 Å². The number of hydrogen-bond acceptors (Lipinski definition) is 4. The molecule has 118 valence electrons. The van der Waals surface area contributed by atoms with E-state index < -0.39 is 0 Å². The molecule has 0 atom stereocenters. The van der Waals surface area contributed by atoms with Crippen LogP contribution in [0.3, 0.4) is 0 Å². The fraction of sp³-hybridized carbons (Fsp3) is 0.562. The van der Waals surface area contributed by atoms with Crippen LogP contribution in [0.25, 0.3) is 0 Å². The van der Waals surface area contributed by atoms with Gasteiger partial charge in [0.2, 0.25) is 5.91 Å². The molecule has 0 radical (unpaired) electrons. The van der Waals surface area contributed by atoms with Crippen molar-refractivity contribution in [2.24, 2.45) is 5.73 Å². The predicted molar refractivity (Wildman–Crippen MR) is 85.2 cm³/mol. The summed E-state index contributed by atoms with van der Waals surface area (Å²) in [6, 6.07) is 7.94. The van der Waals surface area contributed by atoms with Crippen LogP contribution in [0.1, 0.15) is 26.3 Å². The summed E-state index contributed by atoms with van der Waals surface area (Å²) in [6.45, 7) is 9.01. The summed E-state index contributed by atoms with van der Waals surface area (Å²) in [5, 5.41) is 2.90. The minimum Gasteiger partial charge on any atom is -0.492 e. The topological polar surface area (TPSA) is 67.6 Å². The average Bonchev–Trinajstić information content (AvgIpc) is 2.46. The van der Waals surface area contributed by atoms with E-state index in [0.29, 0.717) is 19.7 Å². The molecule has 0 bridgehead atoms. The van der Waals surface area contributed by atoms with Crippen LogP contribution in [0.2, 0.25) is 0 Å². The Kier molecular flexibility index (Phi) is 7.79. The van der Waals surface area contributed by atoms with Crippen molar-refractivity contribution < 1.29 is 9.53 Å². The zero-order valence-electron chi connectivity index (χ0n) is 13.3. The van der Waals surface area contributed by atoms with Gasteiger partial charge in [-0.1, -0.05) is 19.1 Å². The molecule has 1 amide bonds. The molecule has 0 saturated carbocycles. The van der Waals surface area contributed by atoms with Crippen LogP contribution in [0.15, 0.2) is 24.3 Å². The third-order valence-corrected chi connectivity index (χ3v) is 3.10. The maximum atomic E-state index is 11.7. The van der Waals surface area contributed by atoms with Gasteiger partial charge in [-0.05, 0) is 38.1 Å². The molecule has 3 N–H and O–H groups in total. The summed E-state index contributed by atoms with van der Waals surface area (Å²) in [4.78, 5) is 13.8. The second-order valence-electron chi connectivity index (χ2n) is 5.29. The molecule has 1 aromatic carbocycles. The first-order chi connectivity index (χ1) is 10.0. The Morgan fingerprint density at radius 3 is 2.52 bits per heavy atom. The summed E-state index contributed by atoms with van der Waals surface area (Å²) in [6.07, 6.45) is 0. The van der Waals surface area contributed by atoms with Crippen molar-refractivity contribution in [1.29, 1.82) is 0 Å². The number of carbonyl (C=O) groups is 1. The smallest absolute Gasteiger partial charge is 0.234 e. The Morgan fingerprint density at radius 1 is 1.33 bits per heavy atom. The molecule has 0 aliphatic heterocycles. The first kappa shape index (κ1) is 17.5. The molecular formula is C16H27N3O2. The first-order valence-electron chi connectivity index (χ1n) is 7.48. The molecule has 1 aromatic rings. The average molecular weight is 293 g/mol. The molecule has 0 unspecified atom stereocenters. The summed E-state index contributed by atoms with van der Waals surface area (Å²) < 4.78 is 5.69. The van der Waals surface area contributed by atoms with E-state index >= 15 is 0 Å². The molecule has 0 aromatic heterocycles. The monoisotopic (exact) mass is 293 g/mol. The molecule has 0 spiro atoms. The van der Waals surface area contributed by atoms with Gasteiger partial charge in [-0.2, -0.15) is 0 Å². The van der Waals surface area contributed by atoms with Gasteiger partial charge in [0.05, 0.1) is 6.54 Å². The van der Waals surface area contributed by atoms with Crippen LogP contribution in [0.5, 0.6) is 5.75 Å². The molecule has 5 heteroatoms. The van der Waals surface area contributed by atoms with E-state index in [4.69, 9.17) is 10.5 Å². The van der Waals surface area contributed by atoms with Gasteiger partial charge in [-0.25, -0.2) is 0 Å². The highest BCUT2D eigenvalue weighted by molar-refractivity contribution is 5.78. The Balaban J connectivity index is 2.32. The number of hydrogen-bond donors (Lipinski definition) is 2.